The van der Waals surface area contributed by atoms with Gasteiger partial charge in [0.15, 0.2) is 0 Å². The Labute approximate surface area is 127 Å². The number of imidazole rings is 1. The molecule has 0 aliphatic rings. The summed E-state index contributed by atoms with van der Waals surface area (Å²) < 4.78 is 15.5. The van der Waals surface area contributed by atoms with Crippen LogP contribution in [0.5, 0.6) is 0 Å². The molecule has 0 saturated carbocycles. The molecule has 0 radical (unpaired) electrons. The number of carbonyl (C=O) groups excluding carboxylic acids is 1. The maximum Gasteiger partial charge on any atom is 0.254 e. The number of rotatable bonds is 5. The predicted molar refractivity (Wildman–Crippen MR) is 83.1 cm³/mol. The third-order valence-corrected chi connectivity index (χ3v) is 3.51. The third-order valence-electron chi connectivity index (χ3n) is 3.51. The average Bonchev–Trinajstić information content (AvgIpc) is 2.95. The van der Waals surface area contributed by atoms with Crippen molar-refractivity contribution >= 4 is 16.9 Å². The van der Waals surface area contributed by atoms with E-state index in [9.17, 15) is 9.18 Å². The molecule has 1 amide bonds. The molecule has 2 aromatic carbocycles. The van der Waals surface area contributed by atoms with Gasteiger partial charge in [-0.05, 0) is 30.7 Å². The highest BCUT2D eigenvalue weighted by molar-refractivity contribution is 5.94. The average molecular weight is 297 g/mol. The molecule has 4 nitrogen and oxygen atoms in total. The molecule has 1 heterocycles. The summed E-state index contributed by atoms with van der Waals surface area (Å²) in [5.74, 6) is -0.880. The highest BCUT2D eigenvalue weighted by atomic mass is 19.1. The van der Waals surface area contributed by atoms with Crippen molar-refractivity contribution in [1.82, 2.24) is 14.9 Å². The molecule has 0 spiro atoms. The number of halogens is 1. The molecule has 0 aliphatic carbocycles. The van der Waals surface area contributed by atoms with E-state index in [0.717, 1.165) is 24.0 Å². The number of hydrogen-bond acceptors (Lipinski definition) is 2. The van der Waals surface area contributed by atoms with Gasteiger partial charge in [-0.2, -0.15) is 0 Å². The molecule has 1 aromatic heterocycles. The van der Waals surface area contributed by atoms with Gasteiger partial charge in [0.1, 0.15) is 5.82 Å². The topological polar surface area (TPSA) is 46.9 Å². The SMILES string of the molecule is O=C(NCCCn1cnc2ccccc21)c1ccccc1F. The second kappa shape index (κ2) is 6.39. The van der Waals surface area contributed by atoms with E-state index in [4.69, 9.17) is 0 Å². The van der Waals surface area contributed by atoms with Crippen LogP contribution in [0.2, 0.25) is 0 Å². The van der Waals surface area contributed by atoms with Crippen molar-refractivity contribution in [2.75, 3.05) is 6.54 Å². The zero-order chi connectivity index (χ0) is 15.4. The first-order chi connectivity index (χ1) is 10.8. The Bertz CT molecular complexity index is 797. The lowest BCUT2D eigenvalue weighted by molar-refractivity contribution is 0.0949. The smallest absolute Gasteiger partial charge is 0.254 e. The zero-order valence-corrected chi connectivity index (χ0v) is 12.0. The van der Waals surface area contributed by atoms with E-state index < -0.39 is 5.82 Å². The van der Waals surface area contributed by atoms with Crippen LogP contribution in [0, 0.1) is 5.82 Å². The number of para-hydroxylation sites is 2. The molecule has 5 heteroatoms. The number of hydrogen-bond donors (Lipinski definition) is 1. The summed E-state index contributed by atoms with van der Waals surface area (Å²) in [4.78, 5) is 16.2. The van der Waals surface area contributed by atoms with Gasteiger partial charge < -0.3 is 9.88 Å². The Morgan fingerprint density at radius 1 is 1.14 bits per heavy atom. The summed E-state index contributed by atoms with van der Waals surface area (Å²) in [7, 11) is 0. The number of aryl methyl sites for hydroxylation is 1. The third kappa shape index (κ3) is 2.98. The van der Waals surface area contributed by atoms with E-state index in [1.54, 1.807) is 18.5 Å². The first-order valence-corrected chi connectivity index (χ1v) is 7.18. The molecule has 0 saturated heterocycles. The maximum absolute atomic E-state index is 13.5. The molecular weight excluding hydrogens is 281 g/mol. The fraction of sp³-hybridized carbons (Fsp3) is 0.176. The van der Waals surface area contributed by atoms with Gasteiger partial charge in [0, 0.05) is 13.1 Å². The molecule has 0 unspecified atom stereocenters. The molecule has 3 aromatic rings. The molecule has 0 bridgehead atoms. The van der Waals surface area contributed by atoms with Crippen LogP contribution >= 0.6 is 0 Å². The van der Waals surface area contributed by atoms with Gasteiger partial charge in [-0.25, -0.2) is 9.37 Å². The minimum atomic E-state index is -0.499. The Morgan fingerprint density at radius 3 is 2.77 bits per heavy atom. The summed E-state index contributed by atoms with van der Waals surface area (Å²) in [5, 5.41) is 2.74. The molecule has 0 atom stereocenters. The lowest BCUT2D eigenvalue weighted by atomic mass is 10.2. The van der Waals surface area contributed by atoms with Crippen LogP contribution in [-0.2, 0) is 6.54 Å². The second-order valence-electron chi connectivity index (χ2n) is 5.02. The first kappa shape index (κ1) is 14.3. The van der Waals surface area contributed by atoms with Gasteiger partial charge in [-0.3, -0.25) is 4.79 Å². The van der Waals surface area contributed by atoms with Gasteiger partial charge >= 0.3 is 0 Å². The van der Waals surface area contributed by atoms with Crippen LogP contribution in [0.25, 0.3) is 11.0 Å². The van der Waals surface area contributed by atoms with E-state index >= 15 is 0 Å². The van der Waals surface area contributed by atoms with E-state index in [2.05, 4.69) is 10.3 Å². The van der Waals surface area contributed by atoms with Crippen LogP contribution in [0.1, 0.15) is 16.8 Å². The number of carbonyl (C=O) groups is 1. The minimum Gasteiger partial charge on any atom is -0.352 e. The number of nitrogens with zero attached hydrogens (tertiary/aromatic N) is 2. The van der Waals surface area contributed by atoms with Gasteiger partial charge in [-0.15, -0.1) is 0 Å². The van der Waals surface area contributed by atoms with Crippen molar-refractivity contribution in [3.8, 4) is 0 Å². The maximum atomic E-state index is 13.5. The van der Waals surface area contributed by atoms with Gasteiger partial charge in [0.25, 0.3) is 5.91 Å². The van der Waals surface area contributed by atoms with E-state index in [1.807, 2.05) is 28.8 Å². The molecule has 1 N–H and O–H groups in total. The van der Waals surface area contributed by atoms with E-state index in [1.165, 1.54) is 12.1 Å². The quantitative estimate of drug-likeness (QED) is 0.736. The van der Waals surface area contributed by atoms with E-state index in [0.29, 0.717) is 6.54 Å². The fourth-order valence-electron chi connectivity index (χ4n) is 2.38. The summed E-state index contributed by atoms with van der Waals surface area (Å²) in [5.41, 5.74) is 2.11. The number of benzene rings is 2. The molecule has 22 heavy (non-hydrogen) atoms. The van der Waals surface area contributed by atoms with Crippen molar-refractivity contribution in [2.45, 2.75) is 13.0 Å². The summed E-state index contributed by atoms with van der Waals surface area (Å²) in [6, 6.07) is 13.9. The van der Waals surface area contributed by atoms with Crippen LogP contribution in [0.3, 0.4) is 0 Å². The summed E-state index contributed by atoms with van der Waals surface area (Å²) in [6.07, 6.45) is 2.55. The summed E-state index contributed by atoms with van der Waals surface area (Å²) in [6.45, 7) is 1.23. The van der Waals surface area contributed by atoms with Crippen molar-refractivity contribution in [1.29, 1.82) is 0 Å². The van der Waals surface area contributed by atoms with Crippen LogP contribution in [0.4, 0.5) is 4.39 Å². The molecule has 3 rings (SSSR count). The minimum absolute atomic E-state index is 0.0792. The van der Waals surface area contributed by atoms with Crippen molar-refractivity contribution in [2.24, 2.45) is 0 Å². The Balaban J connectivity index is 1.54. The predicted octanol–water partition coefficient (Wildman–Crippen LogP) is 3.00. The van der Waals surface area contributed by atoms with Gasteiger partial charge in [0.2, 0.25) is 0 Å². The highest BCUT2D eigenvalue weighted by Crippen LogP contribution is 2.12. The Kier molecular flexibility index (Phi) is 4.14. The lowest BCUT2D eigenvalue weighted by Gasteiger charge is -2.07. The molecule has 0 aliphatic heterocycles. The Morgan fingerprint density at radius 2 is 1.91 bits per heavy atom. The van der Waals surface area contributed by atoms with E-state index in [-0.39, 0.29) is 11.5 Å². The Hall–Kier alpha value is -2.69. The molecular formula is C17H16FN3O. The van der Waals surface area contributed by atoms with Crippen LogP contribution in [-0.4, -0.2) is 22.0 Å². The molecule has 112 valence electrons. The normalized spacial score (nSPS) is 10.8. The van der Waals surface area contributed by atoms with Crippen LogP contribution in [0.15, 0.2) is 54.9 Å². The lowest BCUT2D eigenvalue weighted by Crippen LogP contribution is -2.26. The zero-order valence-electron chi connectivity index (χ0n) is 12.0. The number of aromatic nitrogens is 2. The summed E-state index contributed by atoms with van der Waals surface area (Å²) >= 11 is 0. The second-order valence-corrected chi connectivity index (χ2v) is 5.02. The molecule has 0 fully saturated rings. The number of amides is 1. The van der Waals surface area contributed by atoms with Gasteiger partial charge in [0.05, 0.1) is 22.9 Å². The van der Waals surface area contributed by atoms with Crippen molar-refractivity contribution in [3.63, 3.8) is 0 Å². The standard InChI is InChI=1S/C17H16FN3O/c18-14-7-2-1-6-13(14)17(22)19-10-5-11-21-12-20-15-8-3-4-9-16(15)21/h1-4,6-9,12H,5,10-11H2,(H,19,22). The fourth-order valence-corrected chi connectivity index (χ4v) is 2.38. The largest absolute Gasteiger partial charge is 0.352 e. The number of fused-ring (bicyclic) bond motifs is 1. The highest BCUT2D eigenvalue weighted by Gasteiger charge is 2.09. The first-order valence-electron chi connectivity index (χ1n) is 7.18. The van der Waals surface area contributed by atoms with Crippen LogP contribution < -0.4 is 5.32 Å². The monoisotopic (exact) mass is 297 g/mol. The number of nitrogens with one attached hydrogen (secondary N) is 1. The van der Waals surface area contributed by atoms with Crippen molar-refractivity contribution < 1.29 is 9.18 Å². The van der Waals surface area contributed by atoms with Crippen molar-refractivity contribution in [3.05, 3.63) is 66.2 Å². The van der Waals surface area contributed by atoms with Gasteiger partial charge in [-0.1, -0.05) is 24.3 Å².